The Bertz CT molecular complexity index is 1060. The molecular weight excluding hydrogens is 484 g/mol. The molecule has 10 nitrogen and oxygen atoms in total. The lowest BCUT2D eigenvalue weighted by Crippen LogP contribution is -2.32. The third-order valence-corrected chi connectivity index (χ3v) is 6.19. The number of carbonyl (C=O) groups excluding carboxylic acids is 1. The lowest BCUT2D eigenvalue weighted by Gasteiger charge is -2.27. The van der Waals surface area contributed by atoms with Crippen molar-refractivity contribution in [2.24, 2.45) is 16.3 Å². The molecule has 0 bridgehead atoms. The number of nitrogens with one attached hydrogen (secondary N) is 1. The fourth-order valence-corrected chi connectivity index (χ4v) is 4.16. The standard InChI is InChI=1S/C24H33ClN6O4.CH4/c1-24(2,8-7-14-3-5-17(6-4-14)35-13-16(33)12-32)10-15-9-18(28-11-15)29-23(34)19-21(26)31-22(27)20(25)30-19;/h3-6,15-16,32-33H,7-13H2,1-2H3,(H4,26,27,31)(H,28,29,34);1H4/t15-,16-;/m0./s1. The fraction of sp³-hybridized carbons (Fsp3) is 0.520. The number of aliphatic hydroxyl groups excluding tert-OH is 2. The molecule has 11 heteroatoms. The maximum absolute atomic E-state index is 12.5. The zero-order chi connectivity index (χ0) is 25.6. The number of nitrogens with two attached hydrogens (primary N) is 2. The number of carbonyl (C=O) groups is 1. The summed E-state index contributed by atoms with van der Waals surface area (Å²) in [4.78, 5) is 24.8. The van der Waals surface area contributed by atoms with Crippen LogP contribution in [0, 0.1) is 11.3 Å². The Morgan fingerprint density at radius 1 is 1.25 bits per heavy atom. The summed E-state index contributed by atoms with van der Waals surface area (Å²) in [7, 11) is 0. The molecular formula is C25H37ClN6O4. The number of benzene rings is 1. The molecule has 1 aromatic heterocycles. The topological polar surface area (TPSA) is 169 Å². The molecule has 36 heavy (non-hydrogen) atoms. The Hall–Kier alpha value is -2.95. The fourth-order valence-electron chi connectivity index (χ4n) is 4.03. The molecule has 0 radical (unpaired) electrons. The van der Waals surface area contributed by atoms with E-state index in [4.69, 9.17) is 32.9 Å². The minimum Gasteiger partial charge on any atom is -0.491 e. The average Bonchev–Trinajstić information content (AvgIpc) is 3.24. The quantitative estimate of drug-likeness (QED) is 0.318. The number of aromatic nitrogens is 2. The van der Waals surface area contributed by atoms with Crippen LogP contribution in [0.1, 0.15) is 56.6 Å². The zero-order valence-corrected chi connectivity index (χ0v) is 20.8. The number of hydrogen-bond donors (Lipinski definition) is 5. The molecule has 7 N–H and O–H groups in total. The van der Waals surface area contributed by atoms with Gasteiger partial charge < -0.3 is 31.7 Å². The van der Waals surface area contributed by atoms with Crippen LogP contribution in [0.2, 0.25) is 5.15 Å². The van der Waals surface area contributed by atoms with E-state index in [1.54, 1.807) is 0 Å². The highest BCUT2D eigenvalue weighted by atomic mass is 35.5. The van der Waals surface area contributed by atoms with E-state index in [0.29, 0.717) is 30.5 Å². The van der Waals surface area contributed by atoms with E-state index in [9.17, 15) is 9.90 Å². The summed E-state index contributed by atoms with van der Waals surface area (Å²) >= 11 is 5.87. The smallest absolute Gasteiger partial charge is 0.279 e. The van der Waals surface area contributed by atoms with Crippen LogP contribution < -0.4 is 21.5 Å². The van der Waals surface area contributed by atoms with Gasteiger partial charge in [-0.05, 0) is 48.3 Å². The van der Waals surface area contributed by atoms with Crippen LogP contribution in [0.15, 0.2) is 29.3 Å². The number of nitrogens with zero attached hydrogens (tertiary/aromatic N) is 3. The van der Waals surface area contributed by atoms with Gasteiger partial charge in [-0.2, -0.15) is 0 Å². The van der Waals surface area contributed by atoms with Gasteiger partial charge in [0.1, 0.15) is 24.3 Å². The van der Waals surface area contributed by atoms with Crippen molar-refractivity contribution in [1.82, 2.24) is 15.3 Å². The molecule has 1 aliphatic heterocycles. The van der Waals surface area contributed by atoms with E-state index >= 15 is 0 Å². The lowest BCUT2D eigenvalue weighted by atomic mass is 9.78. The van der Waals surface area contributed by atoms with Crippen molar-refractivity contribution in [2.45, 2.75) is 53.1 Å². The maximum Gasteiger partial charge on any atom is 0.279 e. The SMILES string of the molecule is C.CC(C)(CCc1ccc(OC[C@@H](O)CO)cc1)C[C@H]1CN=C(NC(=O)c2nc(Cl)c(N)nc2N)C1. The van der Waals surface area contributed by atoms with Crippen LogP contribution in [0.4, 0.5) is 11.6 Å². The van der Waals surface area contributed by atoms with E-state index < -0.39 is 12.0 Å². The van der Waals surface area contributed by atoms with Crippen LogP contribution in [-0.4, -0.2) is 57.8 Å². The molecule has 0 saturated carbocycles. The molecule has 2 aromatic rings. The number of ether oxygens (including phenoxy) is 1. The van der Waals surface area contributed by atoms with Crippen LogP contribution in [-0.2, 0) is 6.42 Å². The highest BCUT2D eigenvalue weighted by Gasteiger charge is 2.28. The van der Waals surface area contributed by atoms with Crippen molar-refractivity contribution < 1.29 is 19.7 Å². The monoisotopic (exact) mass is 520 g/mol. The lowest BCUT2D eigenvalue weighted by molar-refractivity contribution is 0.0536. The van der Waals surface area contributed by atoms with Gasteiger partial charge in [0.25, 0.3) is 5.91 Å². The number of aliphatic hydroxyl groups is 2. The van der Waals surface area contributed by atoms with Crippen LogP contribution in [0.3, 0.4) is 0 Å². The summed E-state index contributed by atoms with van der Waals surface area (Å²) in [6, 6.07) is 7.78. The normalized spacial score (nSPS) is 16.1. The van der Waals surface area contributed by atoms with E-state index in [1.807, 2.05) is 24.3 Å². The van der Waals surface area contributed by atoms with Crippen LogP contribution in [0.5, 0.6) is 5.75 Å². The third kappa shape index (κ3) is 8.32. The summed E-state index contributed by atoms with van der Waals surface area (Å²) in [5.74, 6) is 0.978. The van der Waals surface area contributed by atoms with Crippen molar-refractivity contribution in [1.29, 1.82) is 0 Å². The first-order valence-corrected chi connectivity index (χ1v) is 11.9. The van der Waals surface area contributed by atoms with Crippen LogP contribution >= 0.6 is 11.6 Å². The Morgan fingerprint density at radius 3 is 2.61 bits per heavy atom. The van der Waals surface area contributed by atoms with E-state index in [-0.39, 0.29) is 48.5 Å². The molecule has 0 fully saturated rings. The summed E-state index contributed by atoms with van der Waals surface area (Å²) < 4.78 is 5.45. The summed E-state index contributed by atoms with van der Waals surface area (Å²) in [6.45, 7) is 4.86. The third-order valence-electron chi connectivity index (χ3n) is 5.91. The molecule has 0 spiro atoms. The molecule has 198 valence electrons. The second-order valence-electron chi connectivity index (χ2n) is 9.60. The predicted molar refractivity (Wildman–Crippen MR) is 142 cm³/mol. The summed E-state index contributed by atoms with van der Waals surface area (Å²) in [5.41, 5.74) is 12.5. The minimum absolute atomic E-state index is 0. The Morgan fingerprint density at radius 2 is 1.94 bits per heavy atom. The highest BCUT2D eigenvalue weighted by Crippen LogP contribution is 2.34. The second-order valence-corrected chi connectivity index (χ2v) is 9.96. The number of nitrogen functional groups attached to an aromatic ring is 2. The van der Waals surface area contributed by atoms with Gasteiger partial charge in [0.05, 0.1) is 6.61 Å². The zero-order valence-electron chi connectivity index (χ0n) is 20.0. The summed E-state index contributed by atoms with van der Waals surface area (Å²) in [6.07, 6.45) is 2.65. The van der Waals surface area contributed by atoms with Crippen LogP contribution in [0.25, 0.3) is 0 Å². The molecule has 3 rings (SSSR count). The van der Waals surface area contributed by atoms with Gasteiger partial charge in [-0.3, -0.25) is 9.79 Å². The molecule has 2 atom stereocenters. The molecule has 0 aliphatic carbocycles. The van der Waals surface area contributed by atoms with Gasteiger partial charge in [-0.25, -0.2) is 9.97 Å². The Balaban J connectivity index is 0.00000456. The maximum atomic E-state index is 12.5. The molecule has 0 saturated heterocycles. The number of amidine groups is 1. The van der Waals surface area contributed by atoms with Crippen molar-refractivity contribution in [3.8, 4) is 5.75 Å². The molecule has 0 unspecified atom stereocenters. The van der Waals surface area contributed by atoms with Gasteiger partial charge >= 0.3 is 0 Å². The van der Waals surface area contributed by atoms with E-state index in [1.165, 1.54) is 5.56 Å². The molecule has 1 amide bonds. The Labute approximate surface area is 217 Å². The number of aliphatic imine (C=N–C) groups is 1. The van der Waals surface area contributed by atoms with Crippen molar-refractivity contribution >= 4 is 35.0 Å². The largest absolute Gasteiger partial charge is 0.491 e. The Kier molecular flexibility index (Phi) is 10.4. The predicted octanol–water partition coefficient (Wildman–Crippen LogP) is 2.86. The summed E-state index contributed by atoms with van der Waals surface area (Å²) in [5, 5.41) is 20.9. The highest BCUT2D eigenvalue weighted by molar-refractivity contribution is 6.31. The van der Waals surface area contributed by atoms with Crippen molar-refractivity contribution in [3.63, 3.8) is 0 Å². The second kappa shape index (κ2) is 12.8. The molecule has 1 aromatic carbocycles. The van der Waals surface area contributed by atoms with Gasteiger partial charge in [0.15, 0.2) is 22.5 Å². The first-order valence-electron chi connectivity index (χ1n) is 11.5. The van der Waals surface area contributed by atoms with Gasteiger partial charge in [-0.1, -0.05) is 45.0 Å². The average molecular weight is 521 g/mol. The van der Waals surface area contributed by atoms with E-state index in [2.05, 4.69) is 34.1 Å². The van der Waals surface area contributed by atoms with Gasteiger partial charge in [-0.15, -0.1) is 0 Å². The minimum atomic E-state index is -0.883. The number of aryl methyl sites for hydroxylation is 1. The number of hydrogen-bond acceptors (Lipinski definition) is 9. The van der Waals surface area contributed by atoms with Crippen molar-refractivity contribution in [2.75, 3.05) is 31.2 Å². The van der Waals surface area contributed by atoms with Gasteiger partial charge in [0, 0.05) is 13.0 Å². The van der Waals surface area contributed by atoms with Gasteiger partial charge in [0.2, 0.25) is 0 Å². The number of anilines is 2. The molecule has 1 aliphatic rings. The first kappa shape index (κ1) is 29.3. The van der Waals surface area contributed by atoms with E-state index in [0.717, 1.165) is 19.3 Å². The number of amides is 1. The van der Waals surface area contributed by atoms with Crippen molar-refractivity contribution in [3.05, 3.63) is 40.7 Å². The first-order chi connectivity index (χ1) is 16.6. The number of rotatable bonds is 10. The molecule has 2 heterocycles. The number of halogens is 1.